The summed E-state index contributed by atoms with van der Waals surface area (Å²) in [5.41, 5.74) is 5.53. The van der Waals surface area contributed by atoms with Gasteiger partial charge in [-0.05, 0) is 68.5 Å². The van der Waals surface area contributed by atoms with Crippen molar-refractivity contribution in [1.82, 2.24) is 35.6 Å². The summed E-state index contributed by atoms with van der Waals surface area (Å²) >= 11 is 0. The molecule has 4 aliphatic rings. The fraction of sp³-hybridized carbons (Fsp3) is 0.511. The van der Waals surface area contributed by atoms with Gasteiger partial charge in [0.1, 0.15) is 23.8 Å². The van der Waals surface area contributed by atoms with Gasteiger partial charge in [0, 0.05) is 68.2 Å². The number of hydrogen-bond acceptors (Lipinski definition) is 16. The molecule has 2 aromatic carbocycles. The van der Waals surface area contributed by atoms with Crippen LogP contribution in [-0.4, -0.2) is 173 Å². The monoisotopic (exact) mass is 1020 g/mol. The molecule has 4 aliphatic heterocycles. The number of amides is 8. The van der Waals surface area contributed by atoms with E-state index < -0.39 is 79.8 Å². The number of piperidine rings is 1. The van der Waals surface area contributed by atoms with Gasteiger partial charge in [-0.2, -0.15) is 8.78 Å². The molecular weight excluding hydrogens is 960 g/mol. The third-order valence-electron chi connectivity index (χ3n) is 12.5. The quantitative estimate of drug-likeness (QED) is 0.0345. The van der Waals surface area contributed by atoms with Crippen LogP contribution in [0.1, 0.15) is 81.7 Å². The fourth-order valence-electron chi connectivity index (χ4n) is 9.08. The highest BCUT2D eigenvalue weighted by molar-refractivity contribution is 7.39. The predicted octanol–water partition coefficient (Wildman–Crippen LogP) is 0.554. The smallest absolute Gasteiger partial charge is 0.382 e. The van der Waals surface area contributed by atoms with E-state index in [0.29, 0.717) is 56.5 Å². The predicted molar refractivity (Wildman–Crippen MR) is 246 cm³/mol. The Hall–Kier alpha value is -6.05. The molecule has 7 rings (SSSR count). The van der Waals surface area contributed by atoms with Crippen molar-refractivity contribution in [2.24, 2.45) is 5.73 Å². The Bertz CT molecular complexity index is 2500. The van der Waals surface area contributed by atoms with Crippen LogP contribution in [0, 0.1) is 0 Å². The number of alkyl halides is 2. The van der Waals surface area contributed by atoms with Gasteiger partial charge in [-0.3, -0.25) is 53.5 Å². The number of ether oxygens (including phenoxy) is 3. The Morgan fingerprint density at radius 2 is 1.63 bits per heavy atom. The molecule has 0 bridgehead atoms. The van der Waals surface area contributed by atoms with Crippen LogP contribution in [0.5, 0.6) is 0 Å². The zero-order valence-electron chi connectivity index (χ0n) is 38.5. The average Bonchev–Trinajstić information content (AvgIpc) is 4.02. The molecule has 3 fully saturated rings. The van der Waals surface area contributed by atoms with Crippen molar-refractivity contribution < 1.29 is 75.7 Å². The van der Waals surface area contributed by atoms with E-state index in [-0.39, 0.29) is 106 Å². The molecule has 1 aromatic heterocycles. The van der Waals surface area contributed by atoms with E-state index in [1.165, 1.54) is 23.1 Å². The first-order valence-corrected chi connectivity index (χ1v) is 24.3. The van der Waals surface area contributed by atoms with E-state index in [2.05, 4.69) is 30.8 Å². The van der Waals surface area contributed by atoms with Crippen molar-refractivity contribution in [2.75, 3.05) is 77.7 Å². The minimum Gasteiger partial charge on any atom is -0.382 e. The molecule has 1 unspecified atom stereocenters. The summed E-state index contributed by atoms with van der Waals surface area (Å²) < 4.78 is 50.1. The molecular formula is C45H56F2N9O14P. The van der Waals surface area contributed by atoms with Crippen LogP contribution in [0.3, 0.4) is 0 Å². The van der Waals surface area contributed by atoms with Crippen molar-refractivity contribution in [1.29, 1.82) is 0 Å². The number of carbonyl (C=O) groups excluding carboxylic acids is 8. The molecule has 3 aromatic rings. The van der Waals surface area contributed by atoms with Gasteiger partial charge in [0.15, 0.2) is 0 Å². The number of fused-ring (bicyclic) bond motifs is 3. The maximum atomic E-state index is 14.5. The normalized spacial score (nSPS) is 20.8. The molecule has 384 valence electrons. The minimum absolute atomic E-state index is 0.0189. The van der Waals surface area contributed by atoms with Crippen molar-refractivity contribution in [3.05, 3.63) is 64.8 Å². The summed E-state index contributed by atoms with van der Waals surface area (Å²) in [6.07, 6.45) is -2.09. The van der Waals surface area contributed by atoms with Gasteiger partial charge in [-0.1, -0.05) is 6.07 Å². The second kappa shape index (κ2) is 23.9. The maximum Gasteiger partial charge on any atom is 0.389 e. The van der Waals surface area contributed by atoms with Crippen LogP contribution < -0.4 is 27.0 Å². The summed E-state index contributed by atoms with van der Waals surface area (Å²) in [5.74, 6) is -4.45. The first-order valence-electron chi connectivity index (χ1n) is 23.1. The number of halogens is 2. The summed E-state index contributed by atoms with van der Waals surface area (Å²) in [6.45, 7) is 2.89. The Morgan fingerprint density at radius 3 is 2.37 bits per heavy atom. The van der Waals surface area contributed by atoms with Gasteiger partial charge in [0.05, 0.1) is 56.3 Å². The molecule has 26 heteroatoms. The van der Waals surface area contributed by atoms with Gasteiger partial charge in [-0.15, -0.1) is 0 Å². The van der Waals surface area contributed by atoms with E-state index in [4.69, 9.17) is 29.7 Å². The van der Waals surface area contributed by atoms with E-state index in [1.807, 2.05) is 4.90 Å². The van der Waals surface area contributed by atoms with Crippen molar-refractivity contribution in [2.45, 2.75) is 75.2 Å². The number of anilines is 1. The molecule has 9 N–H and O–H groups in total. The molecule has 0 spiro atoms. The lowest BCUT2D eigenvalue weighted by molar-refractivity contribution is -0.189. The highest BCUT2D eigenvalue weighted by atomic mass is 31.2. The Labute approximate surface area is 406 Å². The van der Waals surface area contributed by atoms with Gasteiger partial charge in [0.25, 0.3) is 17.7 Å². The molecule has 8 amide bonds. The zero-order chi connectivity index (χ0) is 50.8. The minimum atomic E-state index is -4.03. The number of nitrogens with two attached hydrogens (primary N) is 1. The van der Waals surface area contributed by atoms with Gasteiger partial charge < -0.3 is 55.6 Å². The molecule has 0 radical (unpaired) electrons. The van der Waals surface area contributed by atoms with E-state index >= 15 is 0 Å². The number of carbonyl (C=O) groups is 8. The first kappa shape index (κ1) is 52.8. The molecule has 3 saturated heterocycles. The number of benzene rings is 2. The zero-order valence-corrected chi connectivity index (χ0v) is 39.4. The lowest BCUT2D eigenvalue weighted by Crippen LogP contribution is -2.60. The highest BCUT2D eigenvalue weighted by Gasteiger charge is 2.47. The number of aromatic amines is 1. The number of rotatable bonds is 24. The first-order chi connectivity index (χ1) is 34.0. The van der Waals surface area contributed by atoms with Crippen LogP contribution in [0.25, 0.3) is 10.9 Å². The number of primary amides is 1. The van der Waals surface area contributed by atoms with Crippen LogP contribution in [0.15, 0.2) is 42.5 Å². The van der Waals surface area contributed by atoms with Crippen LogP contribution in [-0.2, 0) is 48.8 Å². The van der Waals surface area contributed by atoms with Crippen LogP contribution in [0.4, 0.5) is 14.5 Å². The maximum absolute atomic E-state index is 14.5. The van der Waals surface area contributed by atoms with Gasteiger partial charge in [0.2, 0.25) is 29.5 Å². The molecule has 5 heterocycles. The van der Waals surface area contributed by atoms with Gasteiger partial charge in [-0.25, -0.2) is 4.52 Å². The van der Waals surface area contributed by atoms with Crippen LogP contribution >= 0.6 is 8.60 Å². The molecule has 71 heavy (non-hydrogen) atoms. The Kier molecular flexibility index (Phi) is 17.8. The summed E-state index contributed by atoms with van der Waals surface area (Å²) in [7, 11) is -3.37. The van der Waals surface area contributed by atoms with Crippen LogP contribution in [0.2, 0.25) is 0 Å². The lowest BCUT2D eigenvalue weighted by Gasteiger charge is -2.38. The second-order valence-corrected chi connectivity index (χ2v) is 17.9. The fourth-order valence-corrected chi connectivity index (χ4v) is 9.39. The topological polar surface area (TPSA) is 314 Å². The van der Waals surface area contributed by atoms with Crippen molar-refractivity contribution in [3.8, 4) is 0 Å². The van der Waals surface area contributed by atoms with Crippen molar-refractivity contribution in [3.63, 3.8) is 0 Å². The number of nitrogens with one attached hydrogen (secondary N) is 5. The van der Waals surface area contributed by atoms with E-state index in [0.717, 1.165) is 17.0 Å². The Balaban J connectivity index is 0.867. The van der Waals surface area contributed by atoms with Gasteiger partial charge >= 0.3 is 14.7 Å². The summed E-state index contributed by atoms with van der Waals surface area (Å²) in [4.78, 5) is 128. The molecule has 0 aliphatic carbocycles. The highest BCUT2D eigenvalue weighted by Crippen LogP contribution is 2.42. The lowest BCUT2D eigenvalue weighted by atomic mass is 10.0. The third-order valence-corrected chi connectivity index (χ3v) is 12.9. The SMILES string of the molecule is NC(=O)CCCNC(=O)[C@@H]1CC[C@@H]2CCN(CCOCCOCCOCCNc3cccc4c3C(=O)N(C3CCC(=O)NC3=O)C4=O)C[C@H](NC(=O)c3cc4cc(C(F)(F)OP(O)O)ccc4[nH]3)C(=O)N21. The standard InChI is InChI=1S/C45H56F2N9O14P/c46-45(47,70-71(65)66)27-6-8-30-26(23-27)24-32(51-30)39(59)52-33-25-54(15-12-28-7-9-34(55(28)43(33)63)40(60)50-13-2-5-36(48)57)16-18-68-20-22-69-21-19-67-17-14-49-31-4-1-3-29-38(31)44(64)56(42(29)62)35-10-11-37(58)53-41(35)61/h1,3-4,6,8,23-24,28,33-35,49,51,65-66H,2,5,7,9-22,25H2,(H2,48,57)(H,50,60)(H,52,59)(H,53,58,61)/t28-,33+,34+,35?/m1/s1. The van der Waals surface area contributed by atoms with E-state index in [9.17, 15) is 47.1 Å². The Morgan fingerprint density at radius 1 is 0.887 bits per heavy atom. The second-order valence-electron chi connectivity index (χ2n) is 17.3. The number of H-pyrrole nitrogens is 1. The average molecular weight is 1020 g/mol. The number of hydrogen-bond donors (Lipinski definition) is 8. The largest absolute Gasteiger partial charge is 0.389 e. The molecule has 23 nitrogen and oxygen atoms in total. The van der Waals surface area contributed by atoms with E-state index in [1.54, 1.807) is 12.1 Å². The number of imide groups is 2. The summed E-state index contributed by atoms with van der Waals surface area (Å²) in [6, 6.07) is 6.06. The molecule has 0 saturated carbocycles. The number of aromatic nitrogens is 1. The number of nitrogens with zero attached hydrogens (tertiary/aromatic N) is 3. The third kappa shape index (κ3) is 13.1. The van der Waals surface area contributed by atoms with Crippen molar-refractivity contribution >= 4 is 72.5 Å². The molecule has 4 atom stereocenters. The summed E-state index contributed by atoms with van der Waals surface area (Å²) in [5, 5.41) is 11.0.